The Hall–Kier alpha value is -2.37. The van der Waals surface area contributed by atoms with Crippen LogP contribution in [0.25, 0.3) is 0 Å². The lowest BCUT2D eigenvalue weighted by atomic mass is 9.93. The first-order valence-electron chi connectivity index (χ1n) is 9.30. The number of hydrogen-bond donors (Lipinski definition) is 0. The average molecular weight is 434 g/mol. The standard InChI is InChI=1S/C22H21Cl2NO4/c1-29-20-8-6-18(24)12-16(20)11-15-5-7-19(26)13-25(22(15)28)21(27)10-14-3-2-4-17(23)9-14/h2-4,6,8-9,12,15H,5,7,10-11,13H2,1H3. The molecule has 1 aliphatic heterocycles. The number of halogens is 2. The Morgan fingerprint density at radius 2 is 1.90 bits per heavy atom. The molecule has 2 aromatic rings. The highest BCUT2D eigenvalue weighted by Crippen LogP contribution is 2.29. The van der Waals surface area contributed by atoms with Crippen LogP contribution in [0.2, 0.25) is 10.0 Å². The van der Waals surface area contributed by atoms with Gasteiger partial charge in [0.2, 0.25) is 11.8 Å². The number of ketones is 1. The van der Waals surface area contributed by atoms with Gasteiger partial charge < -0.3 is 4.74 Å². The Morgan fingerprint density at radius 3 is 2.62 bits per heavy atom. The number of hydrogen-bond acceptors (Lipinski definition) is 4. The van der Waals surface area contributed by atoms with Crippen molar-refractivity contribution in [2.75, 3.05) is 13.7 Å². The molecule has 0 bridgehead atoms. The van der Waals surface area contributed by atoms with Crippen LogP contribution in [0.15, 0.2) is 42.5 Å². The first-order valence-corrected chi connectivity index (χ1v) is 10.1. The highest BCUT2D eigenvalue weighted by atomic mass is 35.5. The summed E-state index contributed by atoms with van der Waals surface area (Å²) in [5.74, 6) is -0.759. The molecule has 1 unspecified atom stereocenters. The van der Waals surface area contributed by atoms with Crippen LogP contribution in [0.5, 0.6) is 5.75 Å². The van der Waals surface area contributed by atoms with Crippen molar-refractivity contribution in [2.24, 2.45) is 5.92 Å². The Kier molecular flexibility index (Phi) is 6.93. The lowest BCUT2D eigenvalue weighted by molar-refractivity contribution is -0.148. The van der Waals surface area contributed by atoms with Gasteiger partial charge in [-0.2, -0.15) is 0 Å². The SMILES string of the molecule is COc1ccc(Cl)cc1CC1CCC(=O)CN(C(=O)Cc2cccc(Cl)c2)C1=O. The summed E-state index contributed by atoms with van der Waals surface area (Å²) in [6.07, 6.45) is 0.984. The molecule has 1 fully saturated rings. The number of likely N-dealkylation sites (tertiary alicyclic amines) is 1. The van der Waals surface area contributed by atoms with E-state index in [9.17, 15) is 14.4 Å². The number of benzene rings is 2. The van der Waals surface area contributed by atoms with E-state index >= 15 is 0 Å². The third-order valence-corrected chi connectivity index (χ3v) is 5.45. The third kappa shape index (κ3) is 5.37. The molecule has 0 N–H and O–H groups in total. The number of carbonyl (C=O) groups is 3. The van der Waals surface area contributed by atoms with Crippen LogP contribution >= 0.6 is 23.2 Å². The summed E-state index contributed by atoms with van der Waals surface area (Å²) < 4.78 is 5.36. The van der Waals surface area contributed by atoms with Crippen molar-refractivity contribution in [2.45, 2.75) is 25.7 Å². The molecule has 152 valence electrons. The number of nitrogens with zero attached hydrogens (tertiary/aromatic N) is 1. The maximum absolute atomic E-state index is 13.1. The predicted octanol–water partition coefficient (Wildman–Crippen LogP) is 4.12. The number of Topliss-reactive ketones (excluding diaryl/α,β-unsaturated/α-hetero) is 1. The van der Waals surface area contributed by atoms with Gasteiger partial charge in [0.1, 0.15) is 5.75 Å². The molecule has 2 aromatic carbocycles. The molecular formula is C22H21Cl2NO4. The van der Waals surface area contributed by atoms with Gasteiger partial charge in [-0.15, -0.1) is 0 Å². The topological polar surface area (TPSA) is 63.7 Å². The zero-order valence-corrected chi connectivity index (χ0v) is 17.5. The van der Waals surface area contributed by atoms with Crippen LogP contribution in [0, 0.1) is 5.92 Å². The van der Waals surface area contributed by atoms with Crippen LogP contribution in [0.4, 0.5) is 0 Å². The van der Waals surface area contributed by atoms with Gasteiger partial charge in [-0.3, -0.25) is 19.3 Å². The van der Waals surface area contributed by atoms with E-state index in [1.165, 1.54) is 0 Å². The van der Waals surface area contributed by atoms with Crippen LogP contribution in [0.1, 0.15) is 24.0 Å². The van der Waals surface area contributed by atoms with E-state index in [2.05, 4.69) is 0 Å². The molecule has 0 aromatic heterocycles. The minimum Gasteiger partial charge on any atom is -0.496 e. The fraction of sp³-hybridized carbons (Fsp3) is 0.318. The normalized spacial score (nSPS) is 17.2. The highest BCUT2D eigenvalue weighted by Gasteiger charge is 2.34. The molecule has 0 saturated carbocycles. The quantitative estimate of drug-likeness (QED) is 0.710. The number of imide groups is 1. The summed E-state index contributed by atoms with van der Waals surface area (Å²) >= 11 is 12.1. The van der Waals surface area contributed by atoms with Gasteiger partial charge in [-0.05, 0) is 54.3 Å². The largest absolute Gasteiger partial charge is 0.496 e. The Labute approximate surface area is 179 Å². The number of amides is 2. The minimum absolute atomic E-state index is 0.00673. The number of ether oxygens (including phenoxy) is 1. The molecule has 0 aliphatic carbocycles. The maximum Gasteiger partial charge on any atom is 0.234 e. The van der Waals surface area contributed by atoms with E-state index in [1.54, 1.807) is 49.6 Å². The van der Waals surface area contributed by atoms with E-state index in [0.717, 1.165) is 10.5 Å². The molecule has 0 spiro atoms. The number of carbonyl (C=O) groups excluding carboxylic acids is 3. The fourth-order valence-corrected chi connectivity index (χ4v) is 3.91. The average Bonchev–Trinajstić information content (AvgIpc) is 2.82. The molecular weight excluding hydrogens is 413 g/mol. The molecule has 7 heteroatoms. The minimum atomic E-state index is -0.503. The molecule has 0 radical (unpaired) electrons. The van der Waals surface area contributed by atoms with Gasteiger partial charge in [0, 0.05) is 22.4 Å². The Morgan fingerprint density at radius 1 is 1.14 bits per heavy atom. The van der Waals surface area contributed by atoms with Gasteiger partial charge >= 0.3 is 0 Å². The number of rotatable bonds is 5. The van der Waals surface area contributed by atoms with Gasteiger partial charge in [0.15, 0.2) is 5.78 Å². The molecule has 1 aliphatic rings. The van der Waals surface area contributed by atoms with Crippen molar-refractivity contribution in [3.05, 3.63) is 63.6 Å². The van der Waals surface area contributed by atoms with E-state index in [1.807, 2.05) is 0 Å². The molecule has 1 heterocycles. The zero-order chi connectivity index (χ0) is 21.0. The van der Waals surface area contributed by atoms with Crippen molar-refractivity contribution >= 4 is 40.8 Å². The van der Waals surface area contributed by atoms with Gasteiger partial charge in [0.05, 0.1) is 20.1 Å². The van der Waals surface area contributed by atoms with E-state index in [-0.39, 0.29) is 31.1 Å². The molecule has 3 rings (SSSR count). The molecule has 5 nitrogen and oxygen atoms in total. The molecule has 1 atom stereocenters. The Balaban J connectivity index is 1.81. The van der Waals surface area contributed by atoms with Gasteiger partial charge in [-0.1, -0.05) is 35.3 Å². The van der Waals surface area contributed by atoms with Crippen LogP contribution in [-0.4, -0.2) is 36.2 Å². The third-order valence-electron chi connectivity index (χ3n) is 4.98. The number of methoxy groups -OCH3 is 1. The van der Waals surface area contributed by atoms with Crippen molar-refractivity contribution in [3.63, 3.8) is 0 Å². The summed E-state index contributed by atoms with van der Waals surface area (Å²) in [5.41, 5.74) is 1.47. The van der Waals surface area contributed by atoms with Crippen molar-refractivity contribution < 1.29 is 19.1 Å². The summed E-state index contributed by atoms with van der Waals surface area (Å²) in [6, 6.07) is 12.1. The predicted molar refractivity (Wildman–Crippen MR) is 111 cm³/mol. The first-order chi connectivity index (χ1) is 13.9. The van der Waals surface area contributed by atoms with E-state index < -0.39 is 11.8 Å². The molecule has 29 heavy (non-hydrogen) atoms. The smallest absolute Gasteiger partial charge is 0.234 e. The van der Waals surface area contributed by atoms with E-state index in [4.69, 9.17) is 27.9 Å². The summed E-state index contributed by atoms with van der Waals surface area (Å²) in [7, 11) is 1.55. The van der Waals surface area contributed by atoms with Crippen molar-refractivity contribution in [1.29, 1.82) is 0 Å². The van der Waals surface area contributed by atoms with Crippen molar-refractivity contribution in [1.82, 2.24) is 4.90 Å². The lowest BCUT2D eigenvalue weighted by Gasteiger charge is -2.23. The van der Waals surface area contributed by atoms with Crippen molar-refractivity contribution in [3.8, 4) is 5.75 Å². The maximum atomic E-state index is 13.1. The second-order valence-electron chi connectivity index (χ2n) is 7.06. The summed E-state index contributed by atoms with van der Waals surface area (Å²) in [4.78, 5) is 39.3. The van der Waals surface area contributed by atoms with Crippen LogP contribution < -0.4 is 4.74 Å². The fourth-order valence-electron chi connectivity index (χ4n) is 3.50. The summed E-state index contributed by atoms with van der Waals surface area (Å²) in [6.45, 7) is -0.193. The molecule has 2 amide bonds. The monoisotopic (exact) mass is 433 g/mol. The van der Waals surface area contributed by atoms with Gasteiger partial charge in [-0.25, -0.2) is 0 Å². The van der Waals surface area contributed by atoms with E-state index in [0.29, 0.717) is 34.2 Å². The highest BCUT2D eigenvalue weighted by molar-refractivity contribution is 6.31. The van der Waals surface area contributed by atoms with Gasteiger partial charge in [0.25, 0.3) is 0 Å². The summed E-state index contributed by atoms with van der Waals surface area (Å²) in [5, 5.41) is 1.05. The second kappa shape index (κ2) is 9.42. The van der Waals surface area contributed by atoms with Crippen LogP contribution in [-0.2, 0) is 27.2 Å². The Bertz CT molecular complexity index is 944. The molecule has 1 saturated heterocycles. The van der Waals surface area contributed by atoms with Crippen LogP contribution in [0.3, 0.4) is 0 Å². The first kappa shape index (κ1) is 21.3. The zero-order valence-electron chi connectivity index (χ0n) is 16.0. The second-order valence-corrected chi connectivity index (χ2v) is 7.93. The lowest BCUT2D eigenvalue weighted by Crippen LogP contribution is -2.42.